The van der Waals surface area contributed by atoms with Crippen molar-refractivity contribution in [3.63, 3.8) is 0 Å². The van der Waals surface area contributed by atoms with Gasteiger partial charge in [0.25, 0.3) is 0 Å². The Morgan fingerprint density at radius 3 is 1.61 bits per heavy atom. The molecule has 0 saturated carbocycles. The summed E-state index contributed by atoms with van der Waals surface area (Å²) in [4.78, 5) is 0. The molecule has 3 heterocycles. The van der Waals surface area contributed by atoms with Crippen molar-refractivity contribution < 1.29 is 52.5 Å². The fourth-order valence-corrected chi connectivity index (χ4v) is 8.71. The van der Waals surface area contributed by atoms with E-state index in [2.05, 4.69) is 6.92 Å². The number of aliphatic hydroxyl groups excluding tert-OH is 1. The van der Waals surface area contributed by atoms with Crippen molar-refractivity contribution in [2.45, 2.75) is 140 Å². The van der Waals surface area contributed by atoms with Crippen LogP contribution in [0.3, 0.4) is 0 Å². The first kappa shape index (κ1) is 48.1. The topological polar surface area (TPSA) is 113 Å². The largest absolute Gasteiger partial charge is 0.387 e. The highest BCUT2D eigenvalue weighted by molar-refractivity contribution is 5.18. The summed E-state index contributed by atoms with van der Waals surface area (Å²) >= 11 is 0. The maximum atomic E-state index is 12.4. The molecular weight excluding hydrogens is 837 g/mol. The predicted octanol–water partition coefficient (Wildman–Crippen LogP) is 9.65. The fourth-order valence-electron chi connectivity index (χ4n) is 8.71. The van der Waals surface area contributed by atoms with Gasteiger partial charge in [-0.1, -0.05) is 191 Å². The molecule has 352 valence electrons. The number of hydrogen-bond acceptors (Lipinski definition) is 11. The van der Waals surface area contributed by atoms with Crippen LogP contribution in [0.25, 0.3) is 0 Å². The summed E-state index contributed by atoms with van der Waals surface area (Å²) in [5, 5.41) is 12.4. The second-order valence-corrected chi connectivity index (χ2v) is 17.3. The van der Waals surface area contributed by atoms with Crippen LogP contribution in [-0.2, 0) is 73.8 Å². The van der Waals surface area contributed by atoms with Crippen molar-refractivity contribution >= 4 is 0 Å². The first-order chi connectivity index (χ1) is 32.6. The van der Waals surface area contributed by atoms with Crippen LogP contribution < -0.4 is 0 Å². The quantitative estimate of drug-likeness (QED) is 0.0598. The summed E-state index contributed by atoms with van der Waals surface area (Å²) in [7, 11) is 0. The zero-order valence-electron chi connectivity index (χ0n) is 38.0. The molecule has 3 fully saturated rings. The average molecular weight is 903 g/mol. The number of ether oxygens (including phenoxy) is 10. The Bertz CT molecular complexity index is 2060. The standard InChI is InChI=1S/C55H66O11/c1-2-3-4-5-6-22-33-58-54-52(61-37-43-29-18-10-19-30-43)51(60-36-42-27-16-9-17-28-42)49(45(63-54)38-57-34-40-23-12-7-13-24-40)66-55-50(59-35-41-25-14-8-15-26-41)47(56)48-46(64-55)39-62-53(65-48)44-31-20-11-21-32-44/h7-21,23-32,45-56H,2-6,22,33-39H2,1H3/t45-,46-,47+,48-,49-,50+,51+,52-,53?,54-,55+/m1/s1. The van der Waals surface area contributed by atoms with E-state index in [0.29, 0.717) is 13.2 Å². The lowest BCUT2D eigenvalue weighted by Gasteiger charge is -2.50. The summed E-state index contributed by atoms with van der Waals surface area (Å²) in [5.74, 6) is 0. The van der Waals surface area contributed by atoms with E-state index in [4.69, 9.17) is 47.4 Å². The molecule has 11 heteroatoms. The second-order valence-electron chi connectivity index (χ2n) is 17.3. The lowest BCUT2D eigenvalue weighted by atomic mass is 9.95. The van der Waals surface area contributed by atoms with Gasteiger partial charge < -0.3 is 52.5 Å². The van der Waals surface area contributed by atoms with E-state index in [0.717, 1.165) is 47.1 Å². The third kappa shape index (κ3) is 13.6. The van der Waals surface area contributed by atoms with E-state index in [1.54, 1.807) is 0 Å². The molecule has 0 aromatic heterocycles. The summed E-state index contributed by atoms with van der Waals surface area (Å²) in [6.07, 6.45) is -2.64. The normalized spacial score (nSPS) is 27.6. The Balaban J connectivity index is 1.11. The Morgan fingerprint density at radius 2 is 1.02 bits per heavy atom. The Kier molecular flexibility index (Phi) is 18.7. The van der Waals surface area contributed by atoms with Crippen molar-refractivity contribution in [2.75, 3.05) is 19.8 Å². The molecule has 1 unspecified atom stereocenters. The summed E-state index contributed by atoms with van der Waals surface area (Å²) in [6.45, 7) is 4.08. The van der Waals surface area contributed by atoms with E-state index in [-0.39, 0.29) is 33.0 Å². The minimum atomic E-state index is -1.16. The van der Waals surface area contributed by atoms with Gasteiger partial charge >= 0.3 is 0 Å². The van der Waals surface area contributed by atoms with E-state index >= 15 is 0 Å². The average Bonchev–Trinajstić information content (AvgIpc) is 3.37. The number of benzene rings is 5. The molecule has 66 heavy (non-hydrogen) atoms. The van der Waals surface area contributed by atoms with Crippen molar-refractivity contribution in [1.29, 1.82) is 0 Å². The second kappa shape index (κ2) is 25.7. The van der Waals surface area contributed by atoms with Crippen LogP contribution in [0, 0.1) is 0 Å². The van der Waals surface area contributed by atoms with E-state index in [1.165, 1.54) is 19.3 Å². The molecule has 5 aromatic carbocycles. The Morgan fingerprint density at radius 1 is 0.500 bits per heavy atom. The van der Waals surface area contributed by atoms with Crippen molar-refractivity contribution in [1.82, 2.24) is 0 Å². The van der Waals surface area contributed by atoms with Gasteiger partial charge in [-0.2, -0.15) is 0 Å². The lowest BCUT2D eigenvalue weighted by Crippen LogP contribution is -2.67. The maximum absolute atomic E-state index is 12.4. The van der Waals surface area contributed by atoms with E-state index in [9.17, 15) is 5.11 Å². The first-order valence-corrected chi connectivity index (χ1v) is 23.8. The van der Waals surface area contributed by atoms with Gasteiger partial charge in [-0.25, -0.2) is 0 Å². The van der Waals surface area contributed by atoms with Gasteiger partial charge in [-0.3, -0.25) is 0 Å². The highest BCUT2D eigenvalue weighted by Gasteiger charge is 2.55. The number of unbranched alkanes of at least 4 members (excludes halogenated alkanes) is 5. The van der Waals surface area contributed by atoms with Gasteiger partial charge in [0.2, 0.25) is 0 Å². The lowest BCUT2D eigenvalue weighted by molar-refractivity contribution is -0.394. The van der Waals surface area contributed by atoms with Crippen LogP contribution in [0.1, 0.15) is 79.6 Å². The molecular formula is C55H66O11. The van der Waals surface area contributed by atoms with Crippen LogP contribution in [-0.4, -0.2) is 86.3 Å². The molecule has 0 aliphatic carbocycles. The van der Waals surface area contributed by atoms with Crippen molar-refractivity contribution in [2.24, 2.45) is 0 Å². The first-order valence-electron chi connectivity index (χ1n) is 23.8. The summed E-state index contributed by atoms with van der Waals surface area (Å²) in [6, 6.07) is 49.6. The molecule has 3 aliphatic rings. The molecule has 1 N–H and O–H groups in total. The predicted molar refractivity (Wildman–Crippen MR) is 249 cm³/mol. The van der Waals surface area contributed by atoms with Crippen molar-refractivity contribution in [3.05, 3.63) is 179 Å². The van der Waals surface area contributed by atoms with Crippen LogP contribution >= 0.6 is 0 Å². The van der Waals surface area contributed by atoms with Crippen LogP contribution in [0.15, 0.2) is 152 Å². The van der Waals surface area contributed by atoms with Gasteiger partial charge in [0.05, 0.1) is 39.6 Å². The SMILES string of the molecule is CCCCCCCCO[C@@H]1O[C@H](COCc2ccccc2)[C@@H](O[C@@H]2O[C@@H]3COC(c4ccccc4)O[C@H]3[C@H](O)[C@@H]2OCc2ccccc2)[C@H](OCc2ccccc2)[C@H]1OCc1ccccc1. The Labute approximate surface area is 390 Å². The zero-order chi connectivity index (χ0) is 45.2. The molecule has 11 nitrogen and oxygen atoms in total. The monoisotopic (exact) mass is 902 g/mol. The van der Waals surface area contributed by atoms with Crippen LogP contribution in [0.5, 0.6) is 0 Å². The Hall–Kier alpha value is -4.34. The molecule has 0 bridgehead atoms. The summed E-state index contributed by atoms with van der Waals surface area (Å²) < 4.78 is 67.4. The number of aliphatic hydroxyl groups is 1. The van der Waals surface area contributed by atoms with Gasteiger partial charge in [0.15, 0.2) is 18.9 Å². The van der Waals surface area contributed by atoms with Gasteiger partial charge in [0.1, 0.15) is 48.8 Å². The van der Waals surface area contributed by atoms with E-state index in [1.807, 2.05) is 152 Å². The minimum Gasteiger partial charge on any atom is -0.387 e. The van der Waals surface area contributed by atoms with Gasteiger partial charge in [-0.05, 0) is 28.7 Å². The highest BCUT2D eigenvalue weighted by Crippen LogP contribution is 2.39. The molecule has 0 radical (unpaired) electrons. The number of hydrogen-bond donors (Lipinski definition) is 1. The van der Waals surface area contributed by atoms with E-state index < -0.39 is 67.7 Å². The molecule has 0 spiro atoms. The fraction of sp³-hybridized carbons (Fsp3) is 0.455. The third-order valence-corrected chi connectivity index (χ3v) is 12.3. The maximum Gasteiger partial charge on any atom is 0.187 e. The van der Waals surface area contributed by atoms with Crippen LogP contribution in [0.2, 0.25) is 0 Å². The number of rotatable bonds is 24. The molecule has 8 rings (SSSR count). The van der Waals surface area contributed by atoms with Crippen LogP contribution in [0.4, 0.5) is 0 Å². The third-order valence-electron chi connectivity index (χ3n) is 12.3. The molecule has 3 aliphatic heterocycles. The molecule has 5 aromatic rings. The van der Waals surface area contributed by atoms with Gasteiger partial charge in [0, 0.05) is 12.2 Å². The number of fused-ring (bicyclic) bond motifs is 1. The highest BCUT2D eigenvalue weighted by atomic mass is 16.8. The molecule has 3 saturated heterocycles. The minimum absolute atomic E-state index is 0.134. The molecule has 0 amide bonds. The smallest absolute Gasteiger partial charge is 0.187 e. The van der Waals surface area contributed by atoms with Crippen molar-refractivity contribution in [3.8, 4) is 0 Å². The zero-order valence-corrected chi connectivity index (χ0v) is 38.0. The summed E-state index contributed by atoms with van der Waals surface area (Å²) in [5.41, 5.74) is 4.76. The molecule has 11 atom stereocenters. The van der Waals surface area contributed by atoms with Gasteiger partial charge in [-0.15, -0.1) is 0 Å².